The van der Waals surface area contributed by atoms with Gasteiger partial charge in [-0.1, -0.05) is 133 Å². The van der Waals surface area contributed by atoms with Gasteiger partial charge in [-0.05, 0) is 87.6 Å². The zero-order valence-electron chi connectivity index (χ0n) is 32.2. The van der Waals surface area contributed by atoms with Crippen molar-refractivity contribution in [2.45, 2.75) is 0 Å². The van der Waals surface area contributed by atoms with Crippen molar-refractivity contribution in [1.29, 1.82) is 0 Å². The summed E-state index contributed by atoms with van der Waals surface area (Å²) in [5.74, 6) is 1.72. The predicted octanol–water partition coefficient (Wildman–Crippen LogP) is 13.8. The van der Waals surface area contributed by atoms with Gasteiger partial charge in [0.25, 0.3) is 0 Å². The van der Waals surface area contributed by atoms with E-state index in [0.717, 1.165) is 66.5 Å². The fourth-order valence-corrected chi connectivity index (χ4v) is 8.67. The molecule has 0 atom stereocenters. The highest BCUT2D eigenvalue weighted by molar-refractivity contribution is 6.16. The molecule has 0 aliphatic rings. The number of aromatic nitrogens is 5. The highest BCUT2D eigenvalue weighted by atomic mass is 16.3. The maximum absolute atomic E-state index is 6.28. The molecule has 0 fully saturated rings. The summed E-state index contributed by atoms with van der Waals surface area (Å²) in [6, 6.07) is 65.9. The summed E-state index contributed by atoms with van der Waals surface area (Å²) in [4.78, 5) is 19.8. The molecule has 6 heteroatoms. The Hall–Kier alpha value is -8.22. The molecule has 0 bridgehead atoms. The molecule has 0 saturated carbocycles. The SMILES string of the molecule is c1ccc(-c2cccc(-c3nc(-c4cccc(-n5c6ccccc6c6c(-c7ccc8ccccc8c7)cccc65)c4)nc(-c4ccc5c(c4)oc4ccncc45)n3)c2)cc1. The van der Waals surface area contributed by atoms with Gasteiger partial charge in [0.1, 0.15) is 11.2 Å². The van der Waals surface area contributed by atoms with Crippen LogP contribution < -0.4 is 0 Å². The molecule has 0 spiro atoms. The maximum atomic E-state index is 6.28. The van der Waals surface area contributed by atoms with Crippen LogP contribution in [-0.4, -0.2) is 24.5 Å². The highest BCUT2D eigenvalue weighted by Gasteiger charge is 2.19. The summed E-state index contributed by atoms with van der Waals surface area (Å²) in [7, 11) is 0. The van der Waals surface area contributed by atoms with Crippen LogP contribution in [0.4, 0.5) is 0 Å². The first kappa shape index (κ1) is 33.9. The molecular weight excluding hydrogens is 735 g/mol. The number of hydrogen-bond acceptors (Lipinski definition) is 5. The molecule has 4 aromatic heterocycles. The Morgan fingerprint density at radius 1 is 0.383 bits per heavy atom. The van der Waals surface area contributed by atoms with Crippen molar-refractivity contribution in [3.8, 4) is 62.1 Å². The Morgan fingerprint density at radius 2 is 1.05 bits per heavy atom. The fraction of sp³-hybridized carbons (Fsp3) is 0. The average Bonchev–Trinajstić information content (AvgIpc) is 3.87. The van der Waals surface area contributed by atoms with Gasteiger partial charge in [0.15, 0.2) is 17.5 Å². The molecule has 0 N–H and O–H groups in total. The summed E-state index contributed by atoms with van der Waals surface area (Å²) in [5.41, 5.74) is 12.0. The molecule has 0 amide bonds. The molecular formula is C54H33N5O. The minimum Gasteiger partial charge on any atom is -0.456 e. The third-order valence-electron chi connectivity index (χ3n) is 11.5. The molecule has 0 aliphatic heterocycles. The van der Waals surface area contributed by atoms with E-state index in [1.165, 1.54) is 32.7 Å². The van der Waals surface area contributed by atoms with Crippen LogP contribution in [-0.2, 0) is 0 Å². The van der Waals surface area contributed by atoms with Gasteiger partial charge in [-0.2, -0.15) is 0 Å². The summed E-state index contributed by atoms with van der Waals surface area (Å²) in [6.07, 6.45) is 3.59. The van der Waals surface area contributed by atoms with E-state index in [2.05, 4.69) is 179 Å². The molecule has 6 nitrogen and oxygen atoms in total. The van der Waals surface area contributed by atoms with Gasteiger partial charge >= 0.3 is 0 Å². The fourth-order valence-electron chi connectivity index (χ4n) is 8.67. The van der Waals surface area contributed by atoms with Crippen molar-refractivity contribution in [2.75, 3.05) is 0 Å². The maximum Gasteiger partial charge on any atom is 0.164 e. The second-order valence-corrected chi connectivity index (χ2v) is 15.1. The first-order valence-corrected chi connectivity index (χ1v) is 20.0. The molecule has 12 aromatic rings. The van der Waals surface area contributed by atoms with Crippen molar-refractivity contribution in [3.05, 3.63) is 200 Å². The van der Waals surface area contributed by atoms with Gasteiger partial charge < -0.3 is 8.98 Å². The quantitative estimate of drug-likeness (QED) is 0.168. The number of pyridine rings is 1. The van der Waals surface area contributed by atoms with Gasteiger partial charge in [-0.3, -0.25) is 4.98 Å². The van der Waals surface area contributed by atoms with E-state index in [0.29, 0.717) is 17.5 Å². The van der Waals surface area contributed by atoms with Crippen LogP contribution in [0.25, 0.3) is 117 Å². The van der Waals surface area contributed by atoms with Crippen LogP contribution in [0.2, 0.25) is 0 Å². The Kier molecular flexibility index (Phi) is 7.74. The van der Waals surface area contributed by atoms with Crippen LogP contribution in [0.15, 0.2) is 205 Å². The Morgan fingerprint density at radius 3 is 1.92 bits per heavy atom. The lowest BCUT2D eigenvalue weighted by Gasteiger charge is -2.12. The van der Waals surface area contributed by atoms with Crippen molar-refractivity contribution in [3.63, 3.8) is 0 Å². The van der Waals surface area contributed by atoms with Gasteiger partial charge in [0.05, 0.1) is 11.0 Å². The van der Waals surface area contributed by atoms with Crippen molar-refractivity contribution in [2.24, 2.45) is 0 Å². The van der Waals surface area contributed by atoms with Crippen LogP contribution >= 0.6 is 0 Å². The van der Waals surface area contributed by atoms with Crippen molar-refractivity contribution < 1.29 is 4.42 Å². The topological polar surface area (TPSA) is 69.6 Å². The summed E-state index contributed by atoms with van der Waals surface area (Å²) in [6.45, 7) is 0. The number of nitrogens with zero attached hydrogens (tertiary/aromatic N) is 5. The third-order valence-corrected chi connectivity index (χ3v) is 11.5. The molecule has 12 rings (SSSR count). The van der Waals surface area contributed by atoms with Gasteiger partial charge in [-0.25, -0.2) is 15.0 Å². The Balaban J connectivity index is 1.03. The summed E-state index contributed by atoms with van der Waals surface area (Å²) in [5, 5.41) is 6.83. The van der Waals surface area contributed by atoms with E-state index in [4.69, 9.17) is 19.4 Å². The van der Waals surface area contributed by atoms with Crippen LogP contribution in [0, 0.1) is 0 Å². The summed E-state index contributed by atoms with van der Waals surface area (Å²) >= 11 is 0. The molecule has 0 unspecified atom stereocenters. The van der Waals surface area contributed by atoms with E-state index in [1.807, 2.05) is 24.4 Å². The number of furan rings is 1. The van der Waals surface area contributed by atoms with E-state index in [1.54, 1.807) is 6.20 Å². The highest BCUT2D eigenvalue weighted by Crippen LogP contribution is 2.40. The normalized spacial score (nSPS) is 11.7. The second kappa shape index (κ2) is 13.7. The molecule has 280 valence electrons. The van der Waals surface area contributed by atoms with E-state index in [-0.39, 0.29) is 0 Å². The number of benzene rings is 8. The average molecular weight is 768 g/mol. The lowest BCUT2D eigenvalue weighted by Crippen LogP contribution is -2.01. The van der Waals surface area contributed by atoms with Crippen LogP contribution in [0.3, 0.4) is 0 Å². The molecule has 60 heavy (non-hydrogen) atoms. The molecule has 0 saturated heterocycles. The lowest BCUT2D eigenvalue weighted by atomic mass is 9.97. The summed E-state index contributed by atoms with van der Waals surface area (Å²) < 4.78 is 8.63. The van der Waals surface area contributed by atoms with E-state index >= 15 is 0 Å². The lowest BCUT2D eigenvalue weighted by molar-refractivity contribution is 0.668. The molecule has 8 aromatic carbocycles. The zero-order chi connectivity index (χ0) is 39.6. The Labute approximate surface area is 344 Å². The largest absolute Gasteiger partial charge is 0.456 e. The minimum absolute atomic E-state index is 0.558. The van der Waals surface area contributed by atoms with Crippen molar-refractivity contribution >= 4 is 54.5 Å². The van der Waals surface area contributed by atoms with Gasteiger partial charge in [0.2, 0.25) is 0 Å². The molecule has 4 heterocycles. The predicted molar refractivity (Wildman–Crippen MR) is 244 cm³/mol. The number of rotatable bonds is 6. The minimum atomic E-state index is 0.558. The monoisotopic (exact) mass is 767 g/mol. The number of para-hydroxylation sites is 1. The van der Waals surface area contributed by atoms with E-state index < -0.39 is 0 Å². The molecule has 0 aliphatic carbocycles. The first-order chi connectivity index (χ1) is 29.7. The molecule has 0 radical (unpaired) electrons. The zero-order valence-corrected chi connectivity index (χ0v) is 32.2. The smallest absolute Gasteiger partial charge is 0.164 e. The number of fused-ring (bicyclic) bond motifs is 7. The van der Waals surface area contributed by atoms with Gasteiger partial charge in [-0.15, -0.1) is 0 Å². The van der Waals surface area contributed by atoms with E-state index in [9.17, 15) is 0 Å². The number of hydrogen-bond donors (Lipinski definition) is 0. The van der Waals surface area contributed by atoms with Crippen LogP contribution in [0.1, 0.15) is 0 Å². The third kappa shape index (κ3) is 5.65. The van der Waals surface area contributed by atoms with Crippen LogP contribution in [0.5, 0.6) is 0 Å². The van der Waals surface area contributed by atoms with Crippen molar-refractivity contribution in [1.82, 2.24) is 24.5 Å². The van der Waals surface area contributed by atoms with Gasteiger partial charge in [0, 0.05) is 56.3 Å². The second-order valence-electron chi connectivity index (χ2n) is 15.1. The Bertz CT molecular complexity index is 3620. The first-order valence-electron chi connectivity index (χ1n) is 20.0. The standard InChI is InChI=1S/C54H33N5O/c1-2-11-34(12-3-1)37-15-8-16-39(30-37)52-56-53(58-54(57-52)41-25-26-44-46-33-55-28-27-49(46)60-50(44)32-41)40-17-9-18-42(31-40)59-47-21-7-6-19-45(47)51-43(20-10-22-48(51)59)38-24-23-35-13-4-5-14-36(35)29-38/h1-33H.